The van der Waals surface area contributed by atoms with Crippen LogP contribution < -0.4 is 11.1 Å². The largest absolute Gasteiger partial charge is 0.391 e. The molecule has 1 atom stereocenters. The van der Waals surface area contributed by atoms with E-state index in [1.165, 1.54) is 0 Å². The molecule has 6 heteroatoms. The molecule has 0 aromatic heterocycles. The molecular weight excluding hydrogens is 258 g/mol. The van der Waals surface area contributed by atoms with Gasteiger partial charge in [0.2, 0.25) is 5.91 Å². The predicted molar refractivity (Wildman–Crippen MR) is 74.0 cm³/mol. The Labute approximate surface area is 117 Å². The quantitative estimate of drug-likeness (QED) is 0.748. The van der Waals surface area contributed by atoms with Crippen LogP contribution >= 0.6 is 0 Å². The van der Waals surface area contributed by atoms with Gasteiger partial charge in [0.05, 0.1) is 6.10 Å². The van der Waals surface area contributed by atoms with E-state index in [2.05, 4.69) is 5.32 Å². The van der Waals surface area contributed by atoms with Crippen molar-refractivity contribution in [1.82, 2.24) is 10.2 Å². The predicted octanol–water partition coefficient (Wildman–Crippen LogP) is 0.452. The van der Waals surface area contributed by atoms with Crippen molar-refractivity contribution >= 4 is 11.9 Å². The second-order valence-electron chi connectivity index (χ2n) is 4.97. The first-order chi connectivity index (χ1) is 9.56. The molecule has 2 rings (SSSR count). The Morgan fingerprint density at radius 3 is 2.95 bits per heavy atom. The van der Waals surface area contributed by atoms with E-state index in [1.807, 2.05) is 6.07 Å². The van der Waals surface area contributed by atoms with Crippen molar-refractivity contribution < 1.29 is 14.7 Å². The number of nitrogens with two attached hydrogens (primary N) is 1. The topological polar surface area (TPSA) is 95.7 Å². The van der Waals surface area contributed by atoms with Gasteiger partial charge in [-0.3, -0.25) is 4.79 Å². The number of hydrogen-bond donors (Lipinski definition) is 3. The molecule has 1 aromatic rings. The summed E-state index contributed by atoms with van der Waals surface area (Å²) in [5.41, 5.74) is 6.44. The molecule has 3 amide bonds. The minimum Gasteiger partial charge on any atom is -0.391 e. The minimum atomic E-state index is -0.489. The molecule has 0 bridgehead atoms. The summed E-state index contributed by atoms with van der Waals surface area (Å²) >= 11 is 0. The van der Waals surface area contributed by atoms with Gasteiger partial charge in [0, 0.05) is 25.2 Å². The van der Waals surface area contributed by atoms with Gasteiger partial charge in [0.15, 0.2) is 0 Å². The van der Waals surface area contributed by atoms with E-state index in [4.69, 9.17) is 5.73 Å². The molecular formula is C14H19N3O3. The third-order valence-corrected chi connectivity index (χ3v) is 3.34. The lowest BCUT2D eigenvalue weighted by atomic mass is 10.1. The van der Waals surface area contributed by atoms with Gasteiger partial charge in [-0.05, 0) is 30.5 Å². The average Bonchev–Trinajstić information content (AvgIpc) is 2.45. The van der Waals surface area contributed by atoms with Crippen LogP contribution in [-0.2, 0) is 6.54 Å². The van der Waals surface area contributed by atoms with Crippen molar-refractivity contribution in [3.05, 3.63) is 35.4 Å². The zero-order chi connectivity index (χ0) is 14.5. The monoisotopic (exact) mass is 277 g/mol. The van der Waals surface area contributed by atoms with Crippen LogP contribution in [0, 0.1) is 0 Å². The highest BCUT2D eigenvalue weighted by atomic mass is 16.3. The summed E-state index contributed by atoms with van der Waals surface area (Å²) in [6.45, 7) is 1.35. The number of amides is 3. The third kappa shape index (κ3) is 3.71. The molecule has 0 saturated carbocycles. The van der Waals surface area contributed by atoms with Crippen LogP contribution in [0.5, 0.6) is 0 Å². The van der Waals surface area contributed by atoms with Crippen LogP contribution in [0.3, 0.4) is 0 Å². The third-order valence-electron chi connectivity index (χ3n) is 3.34. The van der Waals surface area contributed by atoms with Gasteiger partial charge in [0.1, 0.15) is 0 Å². The molecule has 0 aliphatic carbocycles. The van der Waals surface area contributed by atoms with E-state index in [-0.39, 0.29) is 6.03 Å². The number of rotatable bonds is 3. The summed E-state index contributed by atoms with van der Waals surface area (Å²) in [7, 11) is 0. The summed E-state index contributed by atoms with van der Waals surface area (Å²) in [4.78, 5) is 24.6. The maximum absolute atomic E-state index is 11.9. The molecule has 0 unspecified atom stereocenters. The second-order valence-corrected chi connectivity index (χ2v) is 4.97. The summed E-state index contributed by atoms with van der Waals surface area (Å²) in [5, 5.41) is 12.3. The standard InChI is InChI=1S/C14H19N3O3/c15-13(19)11-4-1-3-10(7-11)8-16-14(20)17-6-2-5-12(18)9-17/h1,3-4,7,12,18H,2,5-6,8-9H2,(H2,15,19)(H,16,20)/t12-/m0/s1. The van der Waals surface area contributed by atoms with E-state index < -0.39 is 12.0 Å². The van der Waals surface area contributed by atoms with E-state index in [1.54, 1.807) is 23.1 Å². The molecule has 1 aliphatic rings. The molecule has 0 radical (unpaired) electrons. The molecule has 1 aromatic carbocycles. The van der Waals surface area contributed by atoms with E-state index in [9.17, 15) is 14.7 Å². The van der Waals surface area contributed by atoms with Crippen molar-refractivity contribution in [3.63, 3.8) is 0 Å². The maximum Gasteiger partial charge on any atom is 0.317 e. The fourth-order valence-corrected chi connectivity index (χ4v) is 2.26. The fraction of sp³-hybridized carbons (Fsp3) is 0.429. The van der Waals surface area contributed by atoms with Crippen LogP contribution in [0.4, 0.5) is 4.79 Å². The minimum absolute atomic E-state index is 0.201. The van der Waals surface area contributed by atoms with Gasteiger partial charge < -0.3 is 21.1 Å². The van der Waals surface area contributed by atoms with Gasteiger partial charge >= 0.3 is 6.03 Å². The van der Waals surface area contributed by atoms with Crippen molar-refractivity contribution in [2.24, 2.45) is 5.73 Å². The highest BCUT2D eigenvalue weighted by molar-refractivity contribution is 5.92. The van der Waals surface area contributed by atoms with Gasteiger partial charge in [-0.2, -0.15) is 0 Å². The number of β-amino-alcohol motifs (C(OH)–C–C–N with tert-alkyl or cyclic N) is 1. The van der Waals surface area contributed by atoms with Gasteiger partial charge in [0.25, 0.3) is 0 Å². The number of nitrogens with one attached hydrogen (secondary N) is 1. The van der Waals surface area contributed by atoms with Crippen LogP contribution in [0.1, 0.15) is 28.8 Å². The number of hydrogen-bond acceptors (Lipinski definition) is 3. The Balaban J connectivity index is 1.89. The average molecular weight is 277 g/mol. The molecule has 6 nitrogen and oxygen atoms in total. The van der Waals surface area contributed by atoms with E-state index in [0.29, 0.717) is 25.2 Å². The number of benzene rings is 1. The molecule has 1 saturated heterocycles. The molecule has 1 heterocycles. The summed E-state index contributed by atoms with van der Waals surface area (Å²) in [5.74, 6) is -0.489. The van der Waals surface area contributed by atoms with Gasteiger partial charge in [-0.15, -0.1) is 0 Å². The lowest BCUT2D eigenvalue weighted by Crippen LogP contribution is -2.46. The SMILES string of the molecule is NC(=O)c1cccc(CNC(=O)N2CCC[C@H](O)C2)c1. The molecule has 4 N–H and O–H groups in total. The number of carbonyl (C=O) groups excluding carboxylic acids is 2. The highest BCUT2D eigenvalue weighted by Crippen LogP contribution is 2.10. The number of carbonyl (C=O) groups is 2. The number of aliphatic hydroxyl groups excluding tert-OH is 1. The fourth-order valence-electron chi connectivity index (χ4n) is 2.26. The Morgan fingerprint density at radius 2 is 2.25 bits per heavy atom. The summed E-state index contributed by atoms with van der Waals surface area (Å²) < 4.78 is 0. The lowest BCUT2D eigenvalue weighted by molar-refractivity contribution is 0.0841. The Morgan fingerprint density at radius 1 is 1.45 bits per heavy atom. The number of urea groups is 1. The Hall–Kier alpha value is -2.08. The first kappa shape index (κ1) is 14.3. The zero-order valence-corrected chi connectivity index (χ0v) is 11.2. The van der Waals surface area contributed by atoms with Crippen LogP contribution in [0.25, 0.3) is 0 Å². The molecule has 1 fully saturated rings. The second kappa shape index (κ2) is 6.38. The maximum atomic E-state index is 11.9. The zero-order valence-electron chi connectivity index (χ0n) is 11.2. The number of nitrogens with zero attached hydrogens (tertiary/aromatic N) is 1. The number of piperidine rings is 1. The summed E-state index contributed by atoms with van der Waals surface area (Å²) in [6.07, 6.45) is 1.11. The van der Waals surface area contributed by atoms with Crippen LogP contribution in [0.15, 0.2) is 24.3 Å². The van der Waals surface area contributed by atoms with Crippen molar-refractivity contribution in [2.45, 2.75) is 25.5 Å². The normalized spacial score (nSPS) is 18.6. The number of primary amides is 1. The van der Waals surface area contributed by atoms with Crippen molar-refractivity contribution in [2.75, 3.05) is 13.1 Å². The highest BCUT2D eigenvalue weighted by Gasteiger charge is 2.21. The Kier molecular flexibility index (Phi) is 4.57. The Bertz CT molecular complexity index is 504. The molecule has 0 spiro atoms. The lowest BCUT2D eigenvalue weighted by Gasteiger charge is -2.30. The van der Waals surface area contributed by atoms with Gasteiger partial charge in [-0.1, -0.05) is 12.1 Å². The van der Waals surface area contributed by atoms with Crippen LogP contribution in [-0.4, -0.2) is 41.1 Å². The van der Waals surface area contributed by atoms with Crippen molar-refractivity contribution in [3.8, 4) is 0 Å². The summed E-state index contributed by atoms with van der Waals surface area (Å²) in [6, 6.07) is 6.64. The van der Waals surface area contributed by atoms with Crippen LogP contribution in [0.2, 0.25) is 0 Å². The molecule has 20 heavy (non-hydrogen) atoms. The smallest absolute Gasteiger partial charge is 0.317 e. The van der Waals surface area contributed by atoms with E-state index in [0.717, 1.165) is 18.4 Å². The first-order valence-corrected chi connectivity index (χ1v) is 6.66. The number of aliphatic hydroxyl groups is 1. The van der Waals surface area contributed by atoms with E-state index >= 15 is 0 Å². The first-order valence-electron chi connectivity index (χ1n) is 6.66. The molecule has 1 aliphatic heterocycles. The number of likely N-dealkylation sites (tertiary alicyclic amines) is 1. The molecule has 108 valence electrons. The van der Waals surface area contributed by atoms with Gasteiger partial charge in [-0.25, -0.2) is 4.79 Å². The van der Waals surface area contributed by atoms with Crippen molar-refractivity contribution in [1.29, 1.82) is 0 Å².